The Morgan fingerprint density at radius 1 is 0.868 bits per heavy atom. The quantitative estimate of drug-likeness (QED) is 0.225. The Bertz CT molecular complexity index is 1080. The predicted molar refractivity (Wildman–Crippen MR) is 153 cm³/mol. The van der Waals surface area contributed by atoms with E-state index < -0.39 is 26.0 Å². The summed E-state index contributed by atoms with van der Waals surface area (Å²) in [6.07, 6.45) is -0.531. The lowest BCUT2D eigenvalue weighted by molar-refractivity contribution is -0.141. The van der Waals surface area contributed by atoms with Crippen molar-refractivity contribution in [3.8, 4) is 0 Å². The van der Waals surface area contributed by atoms with Gasteiger partial charge < -0.3 is 19.0 Å². The van der Waals surface area contributed by atoms with Crippen molar-refractivity contribution < 1.29 is 23.8 Å². The molecule has 4 rings (SSSR count). The van der Waals surface area contributed by atoms with Crippen LogP contribution in [0.2, 0.25) is 18.1 Å². The molecule has 0 saturated carbocycles. The van der Waals surface area contributed by atoms with Crippen molar-refractivity contribution in [2.45, 2.75) is 75.7 Å². The maximum atomic E-state index is 11.5. The van der Waals surface area contributed by atoms with Crippen LogP contribution in [0.5, 0.6) is 0 Å². The second kappa shape index (κ2) is 11.5. The molecule has 202 valence electrons. The molecule has 0 amide bonds. The number of rotatable bonds is 10. The molecule has 3 aromatic rings. The van der Waals surface area contributed by atoms with E-state index in [9.17, 15) is 9.90 Å². The van der Waals surface area contributed by atoms with Crippen molar-refractivity contribution in [1.29, 1.82) is 0 Å². The highest BCUT2D eigenvalue weighted by Gasteiger charge is 2.46. The third-order valence-corrected chi connectivity index (χ3v) is 12.4. The first kappa shape index (κ1) is 28.2. The summed E-state index contributed by atoms with van der Waals surface area (Å²) in [5, 5.41) is 9.49. The predicted octanol–water partition coefficient (Wildman–Crippen LogP) is 7.02. The molecule has 1 fully saturated rings. The van der Waals surface area contributed by atoms with Crippen LogP contribution in [0.25, 0.3) is 0 Å². The summed E-state index contributed by atoms with van der Waals surface area (Å²) < 4.78 is 20.2. The second-order valence-electron chi connectivity index (χ2n) is 11.6. The van der Waals surface area contributed by atoms with Crippen molar-refractivity contribution in [2.24, 2.45) is 0 Å². The standard InChI is InChI=1S/C32H40O5Si/c1-31(2,3)38(4,5)37-28-21-27(22-30(33)34)36-29(28)23-35-32(24-15-9-6-10-16-24,25-17-11-7-12-18-25)26-19-13-8-14-20-26/h6-20,27-29H,21-23H2,1-5H3,(H,33,34)/t27-,28+,29-/m1/s1. The molecule has 1 saturated heterocycles. The van der Waals surface area contributed by atoms with Gasteiger partial charge in [0.25, 0.3) is 0 Å². The smallest absolute Gasteiger partial charge is 0.305 e. The molecule has 0 aromatic heterocycles. The van der Waals surface area contributed by atoms with Crippen LogP contribution in [-0.2, 0) is 24.3 Å². The van der Waals surface area contributed by atoms with Gasteiger partial charge in [0.2, 0.25) is 0 Å². The van der Waals surface area contributed by atoms with Crippen LogP contribution < -0.4 is 0 Å². The van der Waals surface area contributed by atoms with Crippen LogP contribution >= 0.6 is 0 Å². The van der Waals surface area contributed by atoms with Gasteiger partial charge in [-0.05, 0) is 34.8 Å². The zero-order valence-electron chi connectivity index (χ0n) is 23.1. The van der Waals surface area contributed by atoms with Gasteiger partial charge >= 0.3 is 5.97 Å². The fraction of sp³-hybridized carbons (Fsp3) is 0.406. The van der Waals surface area contributed by atoms with Crippen molar-refractivity contribution in [1.82, 2.24) is 0 Å². The van der Waals surface area contributed by atoms with Crippen LogP contribution in [0.4, 0.5) is 0 Å². The zero-order chi connectivity index (χ0) is 27.4. The van der Waals surface area contributed by atoms with Crippen LogP contribution in [-0.4, -0.2) is 44.3 Å². The third-order valence-electron chi connectivity index (χ3n) is 7.94. The molecular formula is C32H40O5Si. The number of carboxylic acid groups (broad SMARTS) is 1. The van der Waals surface area contributed by atoms with Gasteiger partial charge in [-0.1, -0.05) is 112 Å². The van der Waals surface area contributed by atoms with Crippen molar-refractivity contribution >= 4 is 14.3 Å². The first-order valence-electron chi connectivity index (χ1n) is 13.4. The third kappa shape index (κ3) is 6.10. The number of carboxylic acids is 1. The van der Waals surface area contributed by atoms with Gasteiger partial charge in [-0.2, -0.15) is 0 Å². The molecule has 38 heavy (non-hydrogen) atoms. The Labute approximate surface area is 227 Å². The molecule has 1 N–H and O–H groups in total. The van der Waals surface area contributed by atoms with Gasteiger partial charge in [0.05, 0.1) is 25.2 Å². The number of benzene rings is 3. The molecule has 1 aliphatic rings. The Kier molecular flexibility index (Phi) is 8.57. The lowest BCUT2D eigenvalue weighted by Crippen LogP contribution is -2.47. The van der Waals surface area contributed by atoms with Gasteiger partial charge in [-0.15, -0.1) is 0 Å². The summed E-state index contributed by atoms with van der Waals surface area (Å²) in [5.41, 5.74) is 2.16. The molecule has 1 heterocycles. The number of aliphatic carboxylic acids is 1. The number of hydrogen-bond acceptors (Lipinski definition) is 4. The van der Waals surface area contributed by atoms with Crippen molar-refractivity contribution in [3.63, 3.8) is 0 Å². The van der Waals surface area contributed by atoms with E-state index in [1.54, 1.807) is 0 Å². The zero-order valence-corrected chi connectivity index (χ0v) is 24.1. The molecule has 5 nitrogen and oxygen atoms in total. The number of hydrogen-bond donors (Lipinski definition) is 1. The minimum Gasteiger partial charge on any atom is -0.481 e. The van der Waals surface area contributed by atoms with E-state index in [1.165, 1.54) is 0 Å². The Morgan fingerprint density at radius 2 is 1.32 bits per heavy atom. The fourth-order valence-corrected chi connectivity index (χ4v) is 6.29. The van der Waals surface area contributed by atoms with E-state index in [4.69, 9.17) is 13.9 Å². The highest BCUT2D eigenvalue weighted by Crippen LogP contribution is 2.43. The van der Waals surface area contributed by atoms with E-state index in [2.05, 4.69) is 70.3 Å². The topological polar surface area (TPSA) is 65.0 Å². The molecule has 0 bridgehead atoms. The summed E-state index contributed by atoms with van der Waals surface area (Å²) >= 11 is 0. The molecule has 0 unspecified atom stereocenters. The number of carbonyl (C=O) groups is 1. The van der Waals surface area contributed by atoms with E-state index >= 15 is 0 Å². The SMILES string of the molecule is CC(C)(C)[Si](C)(C)O[C@H]1C[C@H](CC(=O)O)O[C@@H]1COC(c1ccccc1)(c1ccccc1)c1ccccc1. The van der Waals surface area contributed by atoms with Crippen molar-refractivity contribution in [3.05, 3.63) is 108 Å². The van der Waals surface area contributed by atoms with E-state index in [0.717, 1.165) is 16.7 Å². The van der Waals surface area contributed by atoms with Gasteiger partial charge in [0.15, 0.2) is 8.32 Å². The summed E-state index contributed by atoms with van der Waals surface area (Å²) in [6, 6.07) is 30.7. The first-order valence-corrected chi connectivity index (χ1v) is 16.3. The lowest BCUT2D eigenvalue weighted by atomic mass is 9.80. The van der Waals surface area contributed by atoms with E-state index in [0.29, 0.717) is 6.42 Å². The first-order chi connectivity index (χ1) is 18.0. The van der Waals surface area contributed by atoms with Gasteiger partial charge in [-0.3, -0.25) is 4.79 Å². The fourth-order valence-electron chi connectivity index (χ4n) is 4.93. The van der Waals surface area contributed by atoms with Crippen molar-refractivity contribution in [2.75, 3.05) is 6.61 Å². The molecule has 3 aromatic carbocycles. The molecule has 6 heteroatoms. The normalized spacial score (nSPS) is 20.4. The van der Waals surface area contributed by atoms with Crippen LogP contribution in [0.3, 0.4) is 0 Å². The van der Waals surface area contributed by atoms with E-state index in [1.807, 2.05) is 54.6 Å². The average Bonchev–Trinajstić information content (AvgIpc) is 3.25. The average molecular weight is 533 g/mol. The molecule has 0 spiro atoms. The summed E-state index contributed by atoms with van der Waals surface area (Å²) in [7, 11) is -2.13. The minimum atomic E-state index is -2.13. The van der Waals surface area contributed by atoms with Gasteiger partial charge in [0.1, 0.15) is 11.7 Å². The summed E-state index contributed by atoms with van der Waals surface area (Å²) in [5.74, 6) is -0.866. The summed E-state index contributed by atoms with van der Waals surface area (Å²) in [6.45, 7) is 11.3. The second-order valence-corrected chi connectivity index (χ2v) is 16.4. The van der Waals surface area contributed by atoms with Crippen LogP contribution in [0, 0.1) is 0 Å². The maximum absolute atomic E-state index is 11.5. The largest absolute Gasteiger partial charge is 0.481 e. The highest BCUT2D eigenvalue weighted by molar-refractivity contribution is 6.74. The Balaban J connectivity index is 1.73. The van der Waals surface area contributed by atoms with Gasteiger partial charge in [-0.25, -0.2) is 0 Å². The maximum Gasteiger partial charge on any atom is 0.305 e. The Morgan fingerprint density at radius 3 is 1.71 bits per heavy atom. The van der Waals surface area contributed by atoms with Crippen LogP contribution in [0.15, 0.2) is 91.0 Å². The van der Waals surface area contributed by atoms with E-state index in [-0.39, 0.29) is 30.3 Å². The molecular weight excluding hydrogens is 492 g/mol. The highest BCUT2D eigenvalue weighted by atomic mass is 28.4. The van der Waals surface area contributed by atoms with Gasteiger partial charge in [0, 0.05) is 6.42 Å². The lowest BCUT2D eigenvalue weighted by Gasteiger charge is -2.40. The number of ether oxygens (including phenoxy) is 2. The molecule has 3 atom stereocenters. The monoisotopic (exact) mass is 532 g/mol. The molecule has 0 aliphatic carbocycles. The summed E-state index contributed by atoms with van der Waals surface area (Å²) in [4.78, 5) is 11.5. The minimum absolute atomic E-state index is 0.0190. The molecule has 0 radical (unpaired) electrons. The molecule has 1 aliphatic heterocycles. The van der Waals surface area contributed by atoms with Crippen LogP contribution in [0.1, 0.15) is 50.3 Å². The Hall–Kier alpha value is -2.77.